The number of fused-ring (bicyclic) bond motifs is 1. The Morgan fingerprint density at radius 1 is 1.00 bits per heavy atom. The molecule has 1 aromatic carbocycles. The Morgan fingerprint density at radius 2 is 1.75 bits per heavy atom. The van der Waals surface area contributed by atoms with Crippen LogP contribution in [0, 0.1) is 0 Å². The maximum Gasteiger partial charge on any atom is 0.161 e. The molecule has 0 amide bonds. The van der Waals surface area contributed by atoms with Crippen molar-refractivity contribution in [2.45, 2.75) is 0 Å². The van der Waals surface area contributed by atoms with Crippen molar-refractivity contribution in [1.29, 1.82) is 0 Å². The minimum Gasteiger partial charge on any atom is -0.369 e. The predicted molar refractivity (Wildman–Crippen MR) is 99.6 cm³/mol. The first kappa shape index (κ1) is 15.3. The van der Waals surface area contributed by atoms with Crippen LogP contribution in [0.15, 0.2) is 48.8 Å². The van der Waals surface area contributed by atoms with Crippen LogP contribution in [0.2, 0.25) is 5.15 Å². The van der Waals surface area contributed by atoms with Crippen LogP contribution in [0.25, 0.3) is 5.65 Å². The van der Waals surface area contributed by atoms with Crippen LogP contribution in [-0.2, 0) is 0 Å². The van der Waals surface area contributed by atoms with Gasteiger partial charge in [0.2, 0.25) is 0 Å². The highest BCUT2D eigenvalue weighted by atomic mass is 35.5. The number of imidazole rings is 1. The van der Waals surface area contributed by atoms with Gasteiger partial charge in [0, 0.05) is 49.9 Å². The highest BCUT2D eigenvalue weighted by Crippen LogP contribution is 2.26. The smallest absolute Gasteiger partial charge is 0.161 e. The predicted octanol–water partition coefficient (Wildman–Crippen LogP) is 3.48. The van der Waals surface area contributed by atoms with E-state index in [4.69, 9.17) is 11.6 Å². The Kier molecular flexibility index (Phi) is 4.04. The number of pyridine rings is 1. The molecule has 0 saturated carbocycles. The lowest BCUT2D eigenvalue weighted by Gasteiger charge is -2.34. The van der Waals surface area contributed by atoms with Crippen molar-refractivity contribution >= 4 is 34.3 Å². The van der Waals surface area contributed by atoms with E-state index in [1.807, 2.05) is 22.7 Å². The summed E-state index contributed by atoms with van der Waals surface area (Å²) in [5.41, 5.74) is 4.08. The molecular weight excluding hydrogens is 322 g/mol. The Balaban J connectivity index is 1.53. The fourth-order valence-corrected chi connectivity index (χ4v) is 3.25. The average molecular weight is 342 g/mol. The lowest BCUT2D eigenvalue weighted by atomic mass is 10.2. The van der Waals surface area contributed by atoms with Crippen molar-refractivity contribution in [3.8, 4) is 0 Å². The summed E-state index contributed by atoms with van der Waals surface area (Å²) in [6, 6.07) is 12.4. The van der Waals surface area contributed by atoms with E-state index in [0.29, 0.717) is 5.15 Å². The fraction of sp³-hybridized carbons (Fsp3) is 0.278. The molecule has 0 aliphatic carbocycles. The van der Waals surface area contributed by atoms with Crippen molar-refractivity contribution in [3.05, 3.63) is 53.9 Å². The maximum absolute atomic E-state index is 6.18. The number of anilines is 3. The second kappa shape index (κ2) is 6.34. The molecule has 5 nitrogen and oxygen atoms in total. The van der Waals surface area contributed by atoms with Gasteiger partial charge in [-0.25, -0.2) is 4.98 Å². The summed E-state index contributed by atoms with van der Waals surface area (Å²) in [4.78, 5) is 9.17. The van der Waals surface area contributed by atoms with E-state index in [1.165, 1.54) is 5.69 Å². The largest absolute Gasteiger partial charge is 0.369 e. The monoisotopic (exact) mass is 341 g/mol. The summed E-state index contributed by atoms with van der Waals surface area (Å²) in [5.74, 6) is 0. The van der Waals surface area contributed by atoms with E-state index in [2.05, 4.69) is 51.4 Å². The molecule has 4 rings (SSSR count). The van der Waals surface area contributed by atoms with Gasteiger partial charge in [0.25, 0.3) is 0 Å². The third kappa shape index (κ3) is 2.92. The molecule has 3 aromatic rings. The first-order valence-electron chi connectivity index (χ1n) is 8.13. The molecule has 0 spiro atoms. The molecule has 0 unspecified atom stereocenters. The van der Waals surface area contributed by atoms with Crippen LogP contribution < -0.4 is 10.2 Å². The van der Waals surface area contributed by atoms with E-state index in [0.717, 1.165) is 43.2 Å². The van der Waals surface area contributed by atoms with Gasteiger partial charge in [-0.05, 0) is 43.4 Å². The van der Waals surface area contributed by atoms with Gasteiger partial charge in [-0.3, -0.25) is 4.40 Å². The lowest BCUT2D eigenvalue weighted by molar-refractivity contribution is 0.313. The van der Waals surface area contributed by atoms with Crippen molar-refractivity contribution in [2.75, 3.05) is 43.4 Å². The highest BCUT2D eigenvalue weighted by Gasteiger charge is 2.14. The zero-order valence-electron chi connectivity index (χ0n) is 13.6. The number of halogens is 1. The Morgan fingerprint density at radius 3 is 2.50 bits per heavy atom. The summed E-state index contributed by atoms with van der Waals surface area (Å²) in [5, 5.41) is 4.08. The number of piperazine rings is 1. The fourth-order valence-electron chi connectivity index (χ4n) is 3.06. The molecule has 0 atom stereocenters. The van der Waals surface area contributed by atoms with Crippen LogP contribution in [0.3, 0.4) is 0 Å². The van der Waals surface area contributed by atoms with Gasteiger partial charge in [-0.1, -0.05) is 11.6 Å². The van der Waals surface area contributed by atoms with Crippen LogP contribution in [0.4, 0.5) is 17.1 Å². The summed E-state index contributed by atoms with van der Waals surface area (Å²) < 4.78 is 1.86. The minimum absolute atomic E-state index is 0.651. The number of nitrogens with one attached hydrogen (secondary N) is 1. The number of aromatic nitrogens is 2. The zero-order valence-corrected chi connectivity index (χ0v) is 14.4. The molecule has 1 fully saturated rings. The topological polar surface area (TPSA) is 35.8 Å². The van der Waals surface area contributed by atoms with Crippen molar-refractivity contribution in [3.63, 3.8) is 0 Å². The van der Waals surface area contributed by atoms with Gasteiger partial charge in [0.05, 0.1) is 5.69 Å². The molecule has 3 heterocycles. The number of likely N-dealkylation sites (N-methyl/N-ethyl adjacent to an activating group) is 1. The van der Waals surface area contributed by atoms with Crippen molar-refractivity contribution in [2.24, 2.45) is 0 Å². The number of nitrogens with zero attached hydrogens (tertiary/aromatic N) is 4. The summed E-state index contributed by atoms with van der Waals surface area (Å²) in [7, 11) is 2.17. The first-order chi connectivity index (χ1) is 11.7. The molecule has 24 heavy (non-hydrogen) atoms. The molecule has 0 bridgehead atoms. The van der Waals surface area contributed by atoms with Crippen LogP contribution in [0.5, 0.6) is 0 Å². The van der Waals surface area contributed by atoms with E-state index in [-0.39, 0.29) is 0 Å². The Hall–Kier alpha value is -2.24. The quantitative estimate of drug-likeness (QED) is 0.740. The Labute approximate surface area is 146 Å². The minimum atomic E-state index is 0.651. The maximum atomic E-state index is 6.18. The van der Waals surface area contributed by atoms with Gasteiger partial charge in [-0.2, -0.15) is 0 Å². The van der Waals surface area contributed by atoms with Gasteiger partial charge in [0.1, 0.15) is 5.15 Å². The van der Waals surface area contributed by atoms with Gasteiger partial charge in [-0.15, -0.1) is 0 Å². The number of hydrogen-bond donors (Lipinski definition) is 1. The first-order valence-corrected chi connectivity index (χ1v) is 8.51. The summed E-state index contributed by atoms with van der Waals surface area (Å²) in [6.07, 6.45) is 3.61. The number of rotatable bonds is 3. The third-order valence-corrected chi connectivity index (χ3v) is 4.82. The standard InChI is InChI=1S/C18H20ClN5/c1-22-10-12-23(13-11-22)15-4-2-14(3-5-15)21-16-6-7-17(19)24-9-8-20-18(16)24/h2-9,21H,10-13H2,1H3. The highest BCUT2D eigenvalue weighted by molar-refractivity contribution is 6.29. The number of benzene rings is 1. The molecule has 2 aromatic heterocycles. The molecule has 6 heteroatoms. The molecule has 1 aliphatic heterocycles. The van der Waals surface area contributed by atoms with Gasteiger partial charge in [0.15, 0.2) is 5.65 Å². The van der Waals surface area contributed by atoms with Gasteiger partial charge >= 0.3 is 0 Å². The van der Waals surface area contributed by atoms with Crippen LogP contribution in [0.1, 0.15) is 0 Å². The normalized spacial score (nSPS) is 15.8. The van der Waals surface area contributed by atoms with Crippen molar-refractivity contribution in [1.82, 2.24) is 14.3 Å². The molecule has 1 N–H and O–H groups in total. The second-order valence-corrected chi connectivity index (χ2v) is 6.54. The molecule has 124 valence electrons. The van der Waals surface area contributed by atoms with Gasteiger partial charge < -0.3 is 15.1 Å². The second-order valence-electron chi connectivity index (χ2n) is 6.15. The van der Waals surface area contributed by atoms with E-state index < -0.39 is 0 Å². The SMILES string of the molecule is CN1CCN(c2ccc(Nc3ccc(Cl)n4ccnc34)cc2)CC1. The summed E-state index contributed by atoms with van der Waals surface area (Å²) in [6.45, 7) is 4.38. The van der Waals surface area contributed by atoms with E-state index in [9.17, 15) is 0 Å². The lowest BCUT2D eigenvalue weighted by Crippen LogP contribution is -2.44. The molecule has 1 saturated heterocycles. The van der Waals surface area contributed by atoms with Crippen LogP contribution >= 0.6 is 11.6 Å². The van der Waals surface area contributed by atoms with Crippen LogP contribution in [-0.4, -0.2) is 47.5 Å². The zero-order chi connectivity index (χ0) is 16.5. The third-order valence-electron chi connectivity index (χ3n) is 4.51. The molecular formula is C18H20ClN5. The van der Waals surface area contributed by atoms with E-state index in [1.54, 1.807) is 6.20 Å². The van der Waals surface area contributed by atoms with Crippen molar-refractivity contribution < 1.29 is 0 Å². The summed E-state index contributed by atoms with van der Waals surface area (Å²) >= 11 is 6.18. The average Bonchev–Trinajstić information content (AvgIpc) is 3.10. The molecule has 1 aliphatic rings. The van der Waals surface area contributed by atoms with E-state index >= 15 is 0 Å². The molecule has 0 radical (unpaired) electrons. The number of hydrogen-bond acceptors (Lipinski definition) is 4. The Bertz CT molecular complexity index is 834.